The molecular weight excluding hydrogens is 300 g/mol. The van der Waals surface area contributed by atoms with Gasteiger partial charge in [0.1, 0.15) is 6.10 Å². The Bertz CT molecular complexity index is 678. The maximum absolute atomic E-state index is 12.8. The first-order chi connectivity index (χ1) is 11.7. The van der Waals surface area contributed by atoms with Crippen molar-refractivity contribution < 1.29 is 14.3 Å². The molecular formula is C21H24O3. The predicted molar refractivity (Wildman–Crippen MR) is 93.6 cm³/mol. The number of hydrogen-bond acceptors (Lipinski definition) is 3. The molecule has 0 radical (unpaired) electrons. The quantitative estimate of drug-likeness (QED) is 0.421. The van der Waals surface area contributed by atoms with Gasteiger partial charge in [0.25, 0.3) is 0 Å². The highest BCUT2D eigenvalue weighted by atomic mass is 16.7. The fraction of sp³-hybridized carbons (Fsp3) is 0.381. The van der Waals surface area contributed by atoms with E-state index in [0.29, 0.717) is 6.61 Å². The molecule has 0 N–H and O–H groups in total. The third-order valence-electron chi connectivity index (χ3n) is 4.48. The molecule has 3 nitrogen and oxygen atoms in total. The number of unbranched alkanes of at least 4 members (excludes halogenated alkanes) is 2. The molecule has 0 aromatic heterocycles. The number of carbonyl (C=O) groups excluding carboxylic acids is 1. The SMILES string of the molecule is CCCCCOC(=O)C1(c2ccccc2)OC1c1ccc(C)cc1. The first-order valence-electron chi connectivity index (χ1n) is 8.65. The van der Waals surface area contributed by atoms with E-state index >= 15 is 0 Å². The Kier molecular flexibility index (Phi) is 5.00. The van der Waals surface area contributed by atoms with E-state index in [0.717, 1.165) is 30.4 Å². The second-order valence-electron chi connectivity index (χ2n) is 6.35. The molecule has 1 aliphatic rings. The van der Waals surface area contributed by atoms with Crippen molar-refractivity contribution >= 4 is 5.97 Å². The second kappa shape index (κ2) is 7.18. The first-order valence-corrected chi connectivity index (χ1v) is 8.65. The van der Waals surface area contributed by atoms with Crippen LogP contribution in [0.1, 0.15) is 49.0 Å². The summed E-state index contributed by atoms with van der Waals surface area (Å²) in [6.07, 6.45) is 2.78. The number of esters is 1. The molecule has 0 amide bonds. The van der Waals surface area contributed by atoms with Crippen molar-refractivity contribution in [2.45, 2.75) is 44.8 Å². The van der Waals surface area contributed by atoms with Crippen LogP contribution in [0, 0.1) is 6.92 Å². The number of ether oxygens (including phenoxy) is 2. The van der Waals surface area contributed by atoms with Crippen LogP contribution in [0.2, 0.25) is 0 Å². The fourth-order valence-corrected chi connectivity index (χ4v) is 3.00. The second-order valence-corrected chi connectivity index (χ2v) is 6.35. The van der Waals surface area contributed by atoms with Crippen LogP contribution in [-0.4, -0.2) is 12.6 Å². The normalized spacial score (nSPS) is 22.2. The first kappa shape index (κ1) is 16.7. The van der Waals surface area contributed by atoms with Gasteiger partial charge < -0.3 is 9.47 Å². The number of benzene rings is 2. The minimum Gasteiger partial charge on any atom is -0.463 e. The van der Waals surface area contributed by atoms with Crippen molar-refractivity contribution in [3.63, 3.8) is 0 Å². The predicted octanol–water partition coefficient (Wildman–Crippen LogP) is 4.70. The van der Waals surface area contributed by atoms with Gasteiger partial charge in [-0.2, -0.15) is 0 Å². The maximum Gasteiger partial charge on any atom is 0.346 e. The molecule has 1 heterocycles. The molecule has 0 spiro atoms. The molecule has 2 aromatic carbocycles. The number of rotatable bonds is 7. The van der Waals surface area contributed by atoms with Crippen molar-refractivity contribution in [2.24, 2.45) is 0 Å². The lowest BCUT2D eigenvalue weighted by Gasteiger charge is -2.13. The van der Waals surface area contributed by atoms with Crippen molar-refractivity contribution in [3.8, 4) is 0 Å². The lowest BCUT2D eigenvalue weighted by atomic mass is 9.91. The van der Waals surface area contributed by atoms with Crippen molar-refractivity contribution in [1.82, 2.24) is 0 Å². The van der Waals surface area contributed by atoms with Crippen LogP contribution in [0.15, 0.2) is 54.6 Å². The summed E-state index contributed by atoms with van der Waals surface area (Å²) in [6, 6.07) is 17.8. The molecule has 24 heavy (non-hydrogen) atoms. The Morgan fingerprint density at radius 1 is 1.08 bits per heavy atom. The highest BCUT2D eigenvalue weighted by Crippen LogP contribution is 2.57. The van der Waals surface area contributed by atoms with E-state index < -0.39 is 5.60 Å². The van der Waals surface area contributed by atoms with E-state index in [2.05, 4.69) is 6.92 Å². The van der Waals surface area contributed by atoms with Crippen LogP contribution in [0.5, 0.6) is 0 Å². The molecule has 0 aliphatic carbocycles. The van der Waals surface area contributed by atoms with E-state index in [-0.39, 0.29) is 12.1 Å². The summed E-state index contributed by atoms with van der Waals surface area (Å²) in [5, 5.41) is 0. The Hall–Kier alpha value is -2.13. The van der Waals surface area contributed by atoms with Crippen molar-refractivity contribution in [1.29, 1.82) is 0 Å². The van der Waals surface area contributed by atoms with Crippen LogP contribution in [0.3, 0.4) is 0 Å². The molecule has 2 unspecified atom stereocenters. The van der Waals surface area contributed by atoms with E-state index in [4.69, 9.17) is 9.47 Å². The molecule has 3 heteroatoms. The highest BCUT2D eigenvalue weighted by molar-refractivity contribution is 5.85. The topological polar surface area (TPSA) is 38.8 Å². The summed E-state index contributed by atoms with van der Waals surface area (Å²) in [5.41, 5.74) is 2.06. The van der Waals surface area contributed by atoms with Crippen LogP contribution in [-0.2, 0) is 19.9 Å². The molecule has 0 saturated carbocycles. The molecule has 1 aliphatic heterocycles. The molecule has 1 fully saturated rings. The summed E-state index contributed by atoms with van der Waals surface area (Å²) >= 11 is 0. The zero-order chi connectivity index (χ0) is 17.0. The van der Waals surface area contributed by atoms with Gasteiger partial charge in [-0.05, 0) is 24.5 Å². The van der Waals surface area contributed by atoms with Crippen molar-refractivity contribution in [3.05, 3.63) is 71.3 Å². The average molecular weight is 324 g/mol. The summed E-state index contributed by atoms with van der Waals surface area (Å²) in [6.45, 7) is 4.62. The van der Waals surface area contributed by atoms with Crippen LogP contribution >= 0.6 is 0 Å². The zero-order valence-corrected chi connectivity index (χ0v) is 14.3. The van der Waals surface area contributed by atoms with E-state index in [1.807, 2.05) is 61.5 Å². The number of carbonyl (C=O) groups is 1. The minimum atomic E-state index is -0.997. The lowest BCUT2D eigenvalue weighted by molar-refractivity contribution is -0.150. The van der Waals surface area contributed by atoms with Gasteiger partial charge in [-0.1, -0.05) is 79.9 Å². The number of epoxide rings is 1. The zero-order valence-electron chi connectivity index (χ0n) is 14.3. The standard InChI is InChI=1S/C21H24O3/c1-3-4-8-15-23-20(22)21(18-9-6-5-7-10-18)19(24-21)17-13-11-16(2)12-14-17/h5-7,9-14,19H,3-4,8,15H2,1-2H3. The lowest BCUT2D eigenvalue weighted by Crippen LogP contribution is -2.26. The van der Waals surface area contributed by atoms with Crippen LogP contribution in [0.4, 0.5) is 0 Å². The van der Waals surface area contributed by atoms with Gasteiger partial charge in [-0.15, -0.1) is 0 Å². The van der Waals surface area contributed by atoms with Gasteiger partial charge in [0.05, 0.1) is 6.61 Å². The number of aryl methyl sites for hydroxylation is 1. The summed E-state index contributed by atoms with van der Waals surface area (Å²) in [5.74, 6) is -0.282. The Labute approximate surface area is 143 Å². The molecule has 1 saturated heterocycles. The van der Waals surface area contributed by atoms with E-state index in [1.165, 1.54) is 5.56 Å². The Morgan fingerprint density at radius 2 is 1.79 bits per heavy atom. The van der Waals surface area contributed by atoms with Crippen molar-refractivity contribution in [2.75, 3.05) is 6.61 Å². The smallest absolute Gasteiger partial charge is 0.346 e. The van der Waals surface area contributed by atoms with Crippen LogP contribution in [0.25, 0.3) is 0 Å². The Morgan fingerprint density at radius 3 is 2.46 bits per heavy atom. The summed E-state index contributed by atoms with van der Waals surface area (Å²) in [4.78, 5) is 12.8. The van der Waals surface area contributed by atoms with Crippen LogP contribution < -0.4 is 0 Å². The molecule has 3 rings (SSSR count). The van der Waals surface area contributed by atoms with E-state index in [1.54, 1.807) is 0 Å². The molecule has 2 aromatic rings. The van der Waals surface area contributed by atoms with Gasteiger partial charge in [-0.25, -0.2) is 4.79 Å². The third kappa shape index (κ3) is 3.22. The summed E-state index contributed by atoms with van der Waals surface area (Å²) < 4.78 is 11.5. The van der Waals surface area contributed by atoms with E-state index in [9.17, 15) is 4.79 Å². The molecule has 2 atom stereocenters. The monoisotopic (exact) mass is 324 g/mol. The highest BCUT2D eigenvalue weighted by Gasteiger charge is 2.65. The Balaban J connectivity index is 1.82. The minimum absolute atomic E-state index is 0.279. The van der Waals surface area contributed by atoms with Gasteiger partial charge in [0.2, 0.25) is 5.60 Å². The summed E-state index contributed by atoms with van der Waals surface area (Å²) in [7, 11) is 0. The maximum atomic E-state index is 12.8. The van der Waals surface area contributed by atoms with Gasteiger partial charge in [-0.3, -0.25) is 0 Å². The molecule has 0 bridgehead atoms. The third-order valence-corrected chi connectivity index (χ3v) is 4.48. The van der Waals surface area contributed by atoms with Gasteiger partial charge in [0.15, 0.2) is 0 Å². The average Bonchev–Trinajstić information content (AvgIpc) is 3.37. The number of hydrogen-bond donors (Lipinski definition) is 0. The van der Waals surface area contributed by atoms with Gasteiger partial charge in [0, 0.05) is 0 Å². The molecule has 126 valence electrons. The fourth-order valence-electron chi connectivity index (χ4n) is 3.00. The largest absolute Gasteiger partial charge is 0.463 e. The van der Waals surface area contributed by atoms with Gasteiger partial charge >= 0.3 is 5.97 Å².